The maximum Gasteiger partial charge on any atom is 0.407 e. The molecular formula is C22H45NO2. The zero-order valence-electron chi connectivity index (χ0n) is 17.3. The van der Waals surface area contributed by atoms with E-state index in [0.717, 1.165) is 19.4 Å². The molecule has 150 valence electrons. The van der Waals surface area contributed by atoms with Gasteiger partial charge in [0.15, 0.2) is 0 Å². The average Bonchev–Trinajstić information content (AvgIpc) is 2.62. The quantitative estimate of drug-likeness (QED) is 0.245. The van der Waals surface area contributed by atoms with Crippen LogP contribution in [0.5, 0.6) is 0 Å². The number of nitrogens with one attached hydrogen (secondary N) is 1. The number of ether oxygens (including phenoxy) is 1. The summed E-state index contributed by atoms with van der Waals surface area (Å²) in [6.07, 6.45) is 22.0. The molecule has 25 heavy (non-hydrogen) atoms. The molecule has 0 radical (unpaired) electrons. The summed E-state index contributed by atoms with van der Waals surface area (Å²) < 4.78 is 5.18. The lowest BCUT2D eigenvalue weighted by molar-refractivity contribution is 0.143. The third-order valence-corrected chi connectivity index (χ3v) is 4.78. The SMILES string of the molecule is CCCCCCCCCCCCCCCCOC(=O)NCCCCC. The van der Waals surface area contributed by atoms with E-state index in [4.69, 9.17) is 4.74 Å². The van der Waals surface area contributed by atoms with Gasteiger partial charge >= 0.3 is 6.09 Å². The Morgan fingerprint density at radius 2 is 1.00 bits per heavy atom. The van der Waals surface area contributed by atoms with Gasteiger partial charge in [-0.25, -0.2) is 4.79 Å². The summed E-state index contributed by atoms with van der Waals surface area (Å²) in [5, 5.41) is 2.81. The van der Waals surface area contributed by atoms with Gasteiger partial charge in [0, 0.05) is 6.54 Å². The van der Waals surface area contributed by atoms with E-state index < -0.39 is 0 Å². The Bertz CT molecular complexity index is 269. The van der Waals surface area contributed by atoms with Crippen LogP contribution in [0, 0.1) is 0 Å². The van der Waals surface area contributed by atoms with Crippen molar-refractivity contribution < 1.29 is 9.53 Å². The van der Waals surface area contributed by atoms with E-state index in [1.54, 1.807) is 0 Å². The Morgan fingerprint density at radius 3 is 1.48 bits per heavy atom. The molecule has 0 aliphatic carbocycles. The first kappa shape index (κ1) is 24.3. The van der Waals surface area contributed by atoms with Crippen LogP contribution in [0.3, 0.4) is 0 Å². The second kappa shape index (κ2) is 21.3. The van der Waals surface area contributed by atoms with Gasteiger partial charge in [-0.1, -0.05) is 110 Å². The van der Waals surface area contributed by atoms with E-state index in [9.17, 15) is 4.79 Å². The number of carbonyl (C=O) groups excluding carboxylic acids is 1. The zero-order valence-corrected chi connectivity index (χ0v) is 17.3. The molecular weight excluding hydrogens is 310 g/mol. The normalized spacial score (nSPS) is 10.8. The van der Waals surface area contributed by atoms with Crippen molar-refractivity contribution in [3.63, 3.8) is 0 Å². The number of amides is 1. The largest absolute Gasteiger partial charge is 0.450 e. The molecule has 0 unspecified atom stereocenters. The van der Waals surface area contributed by atoms with E-state index in [1.165, 1.54) is 96.3 Å². The van der Waals surface area contributed by atoms with E-state index in [2.05, 4.69) is 19.2 Å². The van der Waals surface area contributed by atoms with Crippen LogP contribution in [0.1, 0.15) is 123 Å². The number of carbonyl (C=O) groups is 1. The fourth-order valence-corrected chi connectivity index (χ4v) is 3.08. The molecule has 3 nitrogen and oxygen atoms in total. The molecule has 0 rings (SSSR count). The number of unbranched alkanes of at least 4 members (excludes halogenated alkanes) is 15. The Balaban J connectivity index is 3.08. The molecule has 3 heteroatoms. The van der Waals surface area contributed by atoms with Crippen LogP contribution >= 0.6 is 0 Å². The second-order valence-corrected chi connectivity index (χ2v) is 7.37. The van der Waals surface area contributed by atoms with Gasteiger partial charge in [0.05, 0.1) is 6.61 Å². The zero-order chi connectivity index (χ0) is 18.4. The lowest BCUT2D eigenvalue weighted by Crippen LogP contribution is -2.25. The Kier molecular flexibility index (Phi) is 20.7. The highest BCUT2D eigenvalue weighted by atomic mass is 16.5. The molecule has 0 aliphatic heterocycles. The molecule has 0 bridgehead atoms. The fourth-order valence-electron chi connectivity index (χ4n) is 3.08. The highest BCUT2D eigenvalue weighted by Gasteiger charge is 2.00. The first-order valence-electron chi connectivity index (χ1n) is 11.2. The summed E-state index contributed by atoms with van der Waals surface area (Å²) >= 11 is 0. The summed E-state index contributed by atoms with van der Waals surface area (Å²) in [6, 6.07) is 0. The van der Waals surface area contributed by atoms with Gasteiger partial charge < -0.3 is 10.1 Å². The van der Waals surface area contributed by atoms with Crippen molar-refractivity contribution in [3.8, 4) is 0 Å². The third-order valence-electron chi connectivity index (χ3n) is 4.78. The summed E-state index contributed by atoms with van der Waals surface area (Å²) in [7, 11) is 0. The van der Waals surface area contributed by atoms with Gasteiger partial charge in [-0.05, 0) is 12.8 Å². The van der Waals surface area contributed by atoms with Crippen molar-refractivity contribution in [2.75, 3.05) is 13.2 Å². The molecule has 0 aromatic rings. The molecule has 0 aromatic carbocycles. The number of hydrogen-bond acceptors (Lipinski definition) is 2. The lowest BCUT2D eigenvalue weighted by atomic mass is 10.0. The van der Waals surface area contributed by atoms with Gasteiger partial charge in [0.25, 0.3) is 0 Å². The van der Waals surface area contributed by atoms with Crippen LogP contribution < -0.4 is 5.32 Å². The van der Waals surface area contributed by atoms with Crippen LogP contribution in [-0.2, 0) is 4.74 Å². The molecule has 0 heterocycles. The number of hydrogen-bond donors (Lipinski definition) is 1. The van der Waals surface area contributed by atoms with Crippen molar-refractivity contribution in [2.24, 2.45) is 0 Å². The van der Waals surface area contributed by atoms with Crippen LogP contribution in [0.25, 0.3) is 0 Å². The first-order valence-corrected chi connectivity index (χ1v) is 11.2. The minimum absolute atomic E-state index is 0.245. The minimum atomic E-state index is -0.245. The van der Waals surface area contributed by atoms with E-state index in [-0.39, 0.29) is 6.09 Å². The summed E-state index contributed by atoms with van der Waals surface area (Å²) in [4.78, 5) is 11.4. The van der Waals surface area contributed by atoms with E-state index >= 15 is 0 Å². The fraction of sp³-hybridized carbons (Fsp3) is 0.955. The second-order valence-electron chi connectivity index (χ2n) is 7.37. The van der Waals surface area contributed by atoms with Crippen molar-refractivity contribution in [3.05, 3.63) is 0 Å². The highest BCUT2D eigenvalue weighted by Crippen LogP contribution is 2.12. The Hall–Kier alpha value is -0.730. The van der Waals surface area contributed by atoms with Crippen molar-refractivity contribution in [2.45, 2.75) is 123 Å². The van der Waals surface area contributed by atoms with Crippen molar-refractivity contribution in [1.82, 2.24) is 5.32 Å². The molecule has 0 fully saturated rings. The van der Waals surface area contributed by atoms with Gasteiger partial charge in [-0.3, -0.25) is 0 Å². The van der Waals surface area contributed by atoms with Gasteiger partial charge in [-0.2, -0.15) is 0 Å². The summed E-state index contributed by atoms with van der Waals surface area (Å²) in [5.74, 6) is 0. The lowest BCUT2D eigenvalue weighted by Gasteiger charge is -2.06. The van der Waals surface area contributed by atoms with Gasteiger partial charge in [-0.15, -0.1) is 0 Å². The van der Waals surface area contributed by atoms with Crippen LogP contribution in [-0.4, -0.2) is 19.2 Å². The Labute approximate surface area is 157 Å². The summed E-state index contributed by atoms with van der Waals surface area (Å²) in [6.45, 7) is 5.75. The van der Waals surface area contributed by atoms with Crippen LogP contribution in [0.4, 0.5) is 4.79 Å². The van der Waals surface area contributed by atoms with Crippen LogP contribution in [0.2, 0.25) is 0 Å². The van der Waals surface area contributed by atoms with Crippen molar-refractivity contribution >= 4 is 6.09 Å². The van der Waals surface area contributed by atoms with E-state index in [1.807, 2.05) is 0 Å². The van der Waals surface area contributed by atoms with Crippen molar-refractivity contribution in [1.29, 1.82) is 0 Å². The maximum atomic E-state index is 11.4. The molecule has 0 aliphatic rings. The average molecular weight is 356 g/mol. The molecule has 0 atom stereocenters. The third kappa shape index (κ3) is 21.2. The molecule has 0 saturated carbocycles. The highest BCUT2D eigenvalue weighted by molar-refractivity contribution is 5.66. The predicted molar refractivity (Wildman–Crippen MR) is 109 cm³/mol. The molecule has 0 aromatic heterocycles. The van der Waals surface area contributed by atoms with Gasteiger partial charge in [0.1, 0.15) is 0 Å². The minimum Gasteiger partial charge on any atom is -0.450 e. The van der Waals surface area contributed by atoms with Crippen LogP contribution in [0.15, 0.2) is 0 Å². The Morgan fingerprint density at radius 1 is 0.600 bits per heavy atom. The standard InChI is InChI=1S/C22H45NO2/c1-3-5-7-8-9-10-11-12-13-14-15-16-17-19-21-25-22(24)23-20-18-6-4-2/h3-21H2,1-2H3,(H,23,24). The van der Waals surface area contributed by atoms with E-state index in [0.29, 0.717) is 6.61 Å². The monoisotopic (exact) mass is 355 g/mol. The molecule has 0 saturated heterocycles. The topological polar surface area (TPSA) is 38.3 Å². The predicted octanol–water partition coefficient (Wildman–Crippen LogP) is 7.38. The summed E-state index contributed by atoms with van der Waals surface area (Å²) in [5.41, 5.74) is 0. The van der Waals surface area contributed by atoms with Gasteiger partial charge in [0.2, 0.25) is 0 Å². The molecule has 1 amide bonds. The molecule has 1 N–H and O–H groups in total. The first-order chi connectivity index (χ1) is 12.3. The number of rotatable bonds is 19. The number of alkyl carbamates (subject to hydrolysis) is 1. The smallest absolute Gasteiger partial charge is 0.407 e. The molecule has 0 spiro atoms. The maximum absolute atomic E-state index is 11.4.